The number of hydrogen-bond acceptors (Lipinski definition) is 5. The lowest BCUT2D eigenvalue weighted by molar-refractivity contribution is 0.0710. The molecule has 0 amide bonds. The fourth-order valence-electron chi connectivity index (χ4n) is 2.63. The van der Waals surface area contributed by atoms with Gasteiger partial charge in [-0.05, 0) is 17.7 Å². The molecule has 0 saturated carbocycles. The van der Waals surface area contributed by atoms with Crippen LogP contribution in [0.25, 0.3) is 0 Å². The van der Waals surface area contributed by atoms with Gasteiger partial charge in [0, 0.05) is 31.9 Å². The summed E-state index contributed by atoms with van der Waals surface area (Å²) in [5.41, 5.74) is 1.16. The van der Waals surface area contributed by atoms with Crippen molar-refractivity contribution in [3.63, 3.8) is 0 Å². The van der Waals surface area contributed by atoms with E-state index in [1.807, 2.05) is 48.7 Å². The average Bonchev–Trinajstić information content (AvgIpc) is 2.81. The monoisotopic (exact) mass is 314 g/mol. The summed E-state index contributed by atoms with van der Waals surface area (Å²) in [4.78, 5) is 6.60. The van der Waals surface area contributed by atoms with E-state index >= 15 is 0 Å². The number of methoxy groups -OCH3 is 1. The van der Waals surface area contributed by atoms with E-state index in [0.717, 1.165) is 37.6 Å². The lowest BCUT2D eigenvalue weighted by Crippen LogP contribution is -2.35. The molecule has 0 bridgehead atoms. The van der Waals surface area contributed by atoms with E-state index in [-0.39, 0.29) is 6.10 Å². The normalized spacial score (nSPS) is 19.1. The zero-order valence-electron chi connectivity index (χ0n) is 13.4. The third-order valence-corrected chi connectivity index (χ3v) is 3.78. The molecule has 1 aromatic heterocycles. The Bertz CT molecular complexity index is 589. The van der Waals surface area contributed by atoms with Crippen molar-refractivity contribution >= 4 is 0 Å². The van der Waals surface area contributed by atoms with Gasteiger partial charge in [0.15, 0.2) is 0 Å². The number of pyridine rings is 1. The number of nitrogens with zero attached hydrogens (tertiary/aromatic N) is 2. The number of benzene rings is 1. The fourth-order valence-corrected chi connectivity index (χ4v) is 2.63. The Kier molecular flexibility index (Phi) is 5.45. The van der Waals surface area contributed by atoms with Crippen molar-refractivity contribution in [1.82, 2.24) is 9.88 Å². The molecule has 0 aliphatic carbocycles. The Hall–Kier alpha value is -2.11. The summed E-state index contributed by atoms with van der Waals surface area (Å²) >= 11 is 0. The van der Waals surface area contributed by atoms with Crippen molar-refractivity contribution in [3.8, 4) is 11.6 Å². The Morgan fingerprint density at radius 1 is 1.22 bits per heavy atom. The highest BCUT2D eigenvalue weighted by atomic mass is 16.5. The Morgan fingerprint density at radius 3 is 2.83 bits per heavy atom. The van der Waals surface area contributed by atoms with Crippen LogP contribution in [0.5, 0.6) is 11.6 Å². The summed E-state index contributed by atoms with van der Waals surface area (Å²) in [7, 11) is 1.62. The molecule has 1 unspecified atom stereocenters. The highest BCUT2D eigenvalue weighted by Crippen LogP contribution is 2.15. The third-order valence-electron chi connectivity index (χ3n) is 3.78. The van der Waals surface area contributed by atoms with Gasteiger partial charge >= 0.3 is 0 Å². The maximum absolute atomic E-state index is 6.04. The van der Waals surface area contributed by atoms with E-state index in [9.17, 15) is 0 Å². The van der Waals surface area contributed by atoms with Crippen LogP contribution >= 0.6 is 0 Å². The van der Waals surface area contributed by atoms with Crippen LogP contribution in [-0.4, -0.2) is 49.4 Å². The highest BCUT2D eigenvalue weighted by Gasteiger charge is 2.20. The lowest BCUT2D eigenvalue weighted by Gasteiger charge is -2.24. The second-order valence-electron chi connectivity index (χ2n) is 5.57. The molecule has 1 aromatic carbocycles. The van der Waals surface area contributed by atoms with Gasteiger partial charge in [-0.2, -0.15) is 0 Å². The molecule has 122 valence electrons. The van der Waals surface area contributed by atoms with Crippen LogP contribution in [0.3, 0.4) is 0 Å². The second-order valence-corrected chi connectivity index (χ2v) is 5.57. The van der Waals surface area contributed by atoms with Crippen LogP contribution in [0.4, 0.5) is 0 Å². The topological polar surface area (TPSA) is 43.8 Å². The van der Waals surface area contributed by atoms with Gasteiger partial charge in [0.1, 0.15) is 11.9 Å². The summed E-state index contributed by atoms with van der Waals surface area (Å²) in [5, 5.41) is 0. The molecule has 2 heterocycles. The van der Waals surface area contributed by atoms with Gasteiger partial charge in [0.25, 0.3) is 0 Å². The van der Waals surface area contributed by atoms with Crippen LogP contribution in [0, 0.1) is 0 Å². The molecule has 0 radical (unpaired) electrons. The van der Waals surface area contributed by atoms with Crippen LogP contribution in [0.1, 0.15) is 5.56 Å². The molecule has 1 fully saturated rings. The number of aromatic nitrogens is 1. The zero-order valence-corrected chi connectivity index (χ0v) is 13.4. The zero-order chi connectivity index (χ0) is 15.9. The van der Waals surface area contributed by atoms with Gasteiger partial charge in [-0.15, -0.1) is 0 Å². The van der Waals surface area contributed by atoms with Gasteiger partial charge in [-0.25, -0.2) is 4.98 Å². The Balaban J connectivity index is 1.60. The van der Waals surface area contributed by atoms with Crippen LogP contribution in [0.2, 0.25) is 0 Å². The van der Waals surface area contributed by atoms with Gasteiger partial charge in [0.2, 0.25) is 5.88 Å². The summed E-state index contributed by atoms with van der Waals surface area (Å²) in [5.74, 6) is 1.52. The van der Waals surface area contributed by atoms with Crippen LogP contribution < -0.4 is 9.47 Å². The lowest BCUT2D eigenvalue weighted by atomic mass is 10.2. The summed E-state index contributed by atoms with van der Waals surface area (Å²) < 4.78 is 16.8. The molecular weight excluding hydrogens is 292 g/mol. The van der Waals surface area contributed by atoms with Crippen molar-refractivity contribution in [3.05, 3.63) is 54.2 Å². The molecule has 5 heteroatoms. The first-order valence-corrected chi connectivity index (χ1v) is 7.84. The number of ether oxygens (including phenoxy) is 3. The molecule has 0 N–H and O–H groups in total. The summed E-state index contributed by atoms with van der Waals surface area (Å²) in [6.45, 7) is 3.89. The van der Waals surface area contributed by atoms with Crippen molar-refractivity contribution < 1.29 is 14.2 Å². The number of hydrogen-bond donors (Lipinski definition) is 0. The first-order valence-electron chi connectivity index (χ1n) is 7.84. The molecular formula is C18H22N2O3. The van der Waals surface area contributed by atoms with E-state index in [4.69, 9.17) is 14.2 Å². The fraction of sp³-hybridized carbons (Fsp3) is 0.389. The minimum absolute atomic E-state index is 0.0334. The minimum Gasteiger partial charge on any atom is -0.487 e. The van der Waals surface area contributed by atoms with Gasteiger partial charge in [0.05, 0.1) is 20.3 Å². The molecule has 0 spiro atoms. The Morgan fingerprint density at radius 2 is 2.09 bits per heavy atom. The first-order chi connectivity index (χ1) is 11.3. The van der Waals surface area contributed by atoms with E-state index in [1.54, 1.807) is 7.11 Å². The van der Waals surface area contributed by atoms with E-state index in [0.29, 0.717) is 12.5 Å². The second kappa shape index (κ2) is 7.94. The van der Waals surface area contributed by atoms with Crippen molar-refractivity contribution in [2.45, 2.75) is 12.6 Å². The molecule has 1 atom stereocenters. The predicted octanol–water partition coefficient (Wildman–Crippen LogP) is 2.37. The summed E-state index contributed by atoms with van der Waals surface area (Å²) in [6, 6.07) is 13.8. The van der Waals surface area contributed by atoms with Gasteiger partial charge in [-0.1, -0.05) is 24.3 Å². The number of para-hydroxylation sites is 1. The quantitative estimate of drug-likeness (QED) is 0.848. The predicted molar refractivity (Wildman–Crippen MR) is 87.7 cm³/mol. The van der Waals surface area contributed by atoms with E-state index in [1.165, 1.54) is 0 Å². The van der Waals surface area contributed by atoms with Crippen molar-refractivity contribution in [2.75, 3.05) is 33.4 Å². The van der Waals surface area contributed by atoms with Gasteiger partial charge in [-0.3, -0.25) is 4.90 Å². The van der Waals surface area contributed by atoms with Gasteiger partial charge < -0.3 is 14.2 Å². The smallest absolute Gasteiger partial charge is 0.212 e. The van der Waals surface area contributed by atoms with Crippen LogP contribution in [-0.2, 0) is 11.3 Å². The average molecular weight is 314 g/mol. The van der Waals surface area contributed by atoms with E-state index < -0.39 is 0 Å². The van der Waals surface area contributed by atoms with E-state index in [2.05, 4.69) is 9.88 Å². The molecule has 3 rings (SSSR count). The SMILES string of the molecule is COc1ccc(CN2CCOCC(Oc3ccccc3)C2)cn1. The molecule has 2 aromatic rings. The van der Waals surface area contributed by atoms with Crippen molar-refractivity contribution in [1.29, 1.82) is 0 Å². The molecule has 1 aliphatic heterocycles. The molecule has 23 heavy (non-hydrogen) atoms. The molecule has 1 aliphatic rings. The minimum atomic E-state index is 0.0334. The third kappa shape index (κ3) is 4.68. The van der Waals surface area contributed by atoms with Crippen molar-refractivity contribution in [2.24, 2.45) is 0 Å². The first kappa shape index (κ1) is 15.8. The number of rotatable bonds is 5. The molecule has 1 saturated heterocycles. The largest absolute Gasteiger partial charge is 0.487 e. The maximum atomic E-state index is 6.04. The Labute approximate surface area is 136 Å². The maximum Gasteiger partial charge on any atom is 0.212 e. The van der Waals surface area contributed by atoms with Crippen LogP contribution in [0.15, 0.2) is 48.7 Å². The molecule has 5 nitrogen and oxygen atoms in total. The summed E-state index contributed by atoms with van der Waals surface area (Å²) in [6.07, 6.45) is 1.89. The highest BCUT2D eigenvalue weighted by molar-refractivity contribution is 5.21. The standard InChI is InChI=1S/C18H22N2O3/c1-21-18-8-7-15(11-19-18)12-20-9-10-22-14-17(13-20)23-16-5-3-2-4-6-16/h2-8,11,17H,9-10,12-14H2,1H3.